The van der Waals surface area contributed by atoms with Crippen molar-refractivity contribution in [2.75, 3.05) is 6.61 Å². The zero-order chi connectivity index (χ0) is 14.8. The maximum atomic E-state index is 12.2. The molecule has 2 heteroatoms. The minimum absolute atomic E-state index is 0.128. The normalized spacial score (nSPS) is 11.3. The molecule has 1 aromatic rings. The Morgan fingerprint density at radius 1 is 1.00 bits per heavy atom. The van der Waals surface area contributed by atoms with E-state index >= 15 is 0 Å². The average Bonchev–Trinajstić information content (AvgIpc) is 2.47. The first-order valence-corrected chi connectivity index (χ1v) is 7.81. The summed E-state index contributed by atoms with van der Waals surface area (Å²) in [5.41, 5.74) is 0.441. The standard InChI is InChI=1S/C18H28O2/c1-4-5-6-7-8-12-15-20-17(19)18(2,3)16-13-10-9-11-14-16/h9-11,13-14H,4-8,12,15H2,1-3H3. The van der Waals surface area contributed by atoms with Gasteiger partial charge in [0.1, 0.15) is 0 Å². The molecule has 0 saturated carbocycles. The minimum atomic E-state index is -0.566. The Hall–Kier alpha value is -1.31. The first-order chi connectivity index (χ1) is 9.59. The van der Waals surface area contributed by atoms with Crippen molar-refractivity contribution in [2.45, 2.75) is 64.7 Å². The highest BCUT2D eigenvalue weighted by Crippen LogP contribution is 2.24. The predicted molar refractivity (Wildman–Crippen MR) is 83.8 cm³/mol. The number of esters is 1. The molecule has 0 aromatic heterocycles. The average molecular weight is 276 g/mol. The molecule has 112 valence electrons. The van der Waals surface area contributed by atoms with Gasteiger partial charge in [0.2, 0.25) is 0 Å². The summed E-state index contributed by atoms with van der Waals surface area (Å²) >= 11 is 0. The Morgan fingerprint density at radius 2 is 1.60 bits per heavy atom. The highest BCUT2D eigenvalue weighted by Gasteiger charge is 2.31. The topological polar surface area (TPSA) is 26.3 Å². The zero-order valence-electron chi connectivity index (χ0n) is 13.2. The first-order valence-electron chi connectivity index (χ1n) is 7.81. The first kappa shape index (κ1) is 16.7. The molecular formula is C18H28O2. The third kappa shape index (κ3) is 5.36. The van der Waals surface area contributed by atoms with Gasteiger partial charge in [0.15, 0.2) is 0 Å². The molecule has 0 aliphatic rings. The lowest BCUT2D eigenvalue weighted by Gasteiger charge is -2.23. The fourth-order valence-electron chi connectivity index (χ4n) is 2.20. The molecule has 0 saturated heterocycles. The number of ether oxygens (including phenoxy) is 1. The Kier molecular flexibility index (Phi) is 7.35. The van der Waals surface area contributed by atoms with Crippen molar-refractivity contribution in [2.24, 2.45) is 0 Å². The van der Waals surface area contributed by atoms with Crippen LogP contribution in [0.15, 0.2) is 30.3 Å². The SMILES string of the molecule is CCCCCCCCOC(=O)C(C)(C)c1ccccc1. The predicted octanol–water partition coefficient (Wildman–Crippen LogP) is 4.87. The molecule has 0 amide bonds. The molecule has 0 fully saturated rings. The number of hydrogen-bond acceptors (Lipinski definition) is 2. The van der Waals surface area contributed by atoms with E-state index in [2.05, 4.69) is 6.92 Å². The third-order valence-electron chi connectivity index (χ3n) is 3.74. The van der Waals surface area contributed by atoms with Crippen LogP contribution in [0, 0.1) is 0 Å². The van der Waals surface area contributed by atoms with E-state index < -0.39 is 5.41 Å². The van der Waals surface area contributed by atoms with Crippen LogP contribution in [0.25, 0.3) is 0 Å². The molecule has 0 spiro atoms. The summed E-state index contributed by atoms with van der Waals surface area (Å²) in [7, 11) is 0. The van der Waals surface area contributed by atoms with Gasteiger partial charge in [-0.1, -0.05) is 69.4 Å². The van der Waals surface area contributed by atoms with E-state index in [0.717, 1.165) is 18.4 Å². The Morgan fingerprint density at radius 3 is 2.25 bits per heavy atom. The number of rotatable bonds is 9. The van der Waals surface area contributed by atoms with E-state index in [1.807, 2.05) is 44.2 Å². The number of carbonyl (C=O) groups is 1. The molecule has 1 aromatic carbocycles. The van der Waals surface area contributed by atoms with Gasteiger partial charge in [-0.3, -0.25) is 4.79 Å². The molecule has 0 bridgehead atoms. The van der Waals surface area contributed by atoms with E-state index in [-0.39, 0.29) is 5.97 Å². The van der Waals surface area contributed by atoms with Crippen molar-refractivity contribution < 1.29 is 9.53 Å². The quantitative estimate of drug-likeness (QED) is 0.475. The van der Waals surface area contributed by atoms with Gasteiger partial charge in [0.25, 0.3) is 0 Å². The number of carbonyl (C=O) groups excluding carboxylic acids is 1. The molecule has 0 heterocycles. The summed E-state index contributed by atoms with van der Waals surface area (Å²) in [5, 5.41) is 0. The van der Waals surface area contributed by atoms with Gasteiger partial charge in [0, 0.05) is 0 Å². The molecule has 1 rings (SSSR count). The van der Waals surface area contributed by atoms with Gasteiger partial charge in [-0.2, -0.15) is 0 Å². The zero-order valence-corrected chi connectivity index (χ0v) is 13.2. The minimum Gasteiger partial charge on any atom is -0.465 e. The van der Waals surface area contributed by atoms with E-state index in [1.165, 1.54) is 25.7 Å². The Labute approximate surface area is 123 Å². The second-order valence-electron chi connectivity index (χ2n) is 5.89. The van der Waals surface area contributed by atoms with Gasteiger partial charge < -0.3 is 4.74 Å². The second kappa shape index (κ2) is 8.78. The molecule has 20 heavy (non-hydrogen) atoms. The lowest BCUT2D eigenvalue weighted by molar-refractivity contribution is -0.149. The highest BCUT2D eigenvalue weighted by molar-refractivity contribution is 5.82. The van der Waals surface area contributed by atoms with Crippen LogP contribution in [0.4, 0.5) is 0 Å². The van der Waals surface area contributed by atoms with Gasteiger partial charge in [0.05, 0.1) is 12.0 Å². The van der Waals surface area contributed by atoms with Crippen LogP contribution >= 0.6 is 0 Å². The molecule has 0 atom stereocenters. The smallest absolute Gasteiger partial charge is 0.315 e. The van der Waals surface area contributed by atoms with E-state index in [1.54, 1.807) is 0 Å². The van der Waals surface area contributed by atoms with Crippen LogP contribution in [-0.4, -0.2) is 12.6 Å². The molecule has 0 aliphatic carbocycles. The fourth-order valence-corrected chi connectivity index (χ4v) is 2.20. The fraction of sp³-hybridized carbons (Fsp3) is 0.611. The van der Waals surface area contributed by atoms with Crippen molar-refractivity contribution in [3.63, 3.8) is 0 Å². The van der Waals surface area contributed by atoms with Crippen molar-refractivity contribution >= 4 is 5.97 Å². The molecule has 0 aliphatic heterocycles. The van der Waals surface area contributed by atoms with E-state index in [9.17, 15) is 4.79 Å². The van der Waals surface area contributed by atoms with Crippen LogP contribution in [0.3, 0.4) is 0 Å². The molecule has 0 unspecified atom stereocenters. The largest absolute Gasteiger partial charge is 0.465 e. The van der Waals surface area contributed by atoms with Crippen LogP contribution < -0.4 is 0 Å². The third-order valence-corrected chi connectivity index (χ3v) is 3.74. The summed E-state index contributed by atoms with van der Waals surface area (Å²) in [5.74, 6) is -0.128. The van der Waals surface area contributed by atoms with Crippen LogP contribution in [0.1, 0.15) is 64.9 Å². The van der Waals surface area contributed by atoms with Crippen molar-refractivity contribution in [3.8, 4) is 0 Å². The number of hydrogen-bond donors (Lipinski definition) is 0. The maximum absolute atomic E-state index is 12.2. The van der Waals surface area contributed by atoms with Gasteiger partial charge in [-0.15, -0.1) is 0 Å². The Bertz CT molecular complexity index is 382. The summed E-state index contributed by atoms with van der Waals surface area (Å²) in [6.07, 6.45) is 7.23. The summed E-state index contributed by atoms with van der Waals surface area (Å²) in [6.45, 7) is 6.60. The lowest BCUT2D eigenvalue weighted by Crippen LogP contribution is -2.31. The van der Waals surface area contributed by atoms with Gasteiger partial charge in [-0.25, -0.2) is 0 Å². The van der Waals surface area contributed by atoms with E-state index in [4.69, 9.17) is 4.74 Å². The maximum Gasteiger partial charge on any atom is 0.315 e. The Balaban J connectivity index is 2.28. The number of unbranched alkanes of at least 4 members (excludes halogenated alkanes) is 5. The highest BCUT2D eigenvalue weighted by atomic mass is 16.5. The van der Waals surface area contributed by atoms with Crippen LogP contribution in [0.5, 0.6) is 0 Å². The molecule has 0 N–H and O–H groups in total. The van der Waals surface area contributed by atoms with Crippen molar-refractivity contribution in [3.05, 3.63) is 35.9 Å². The summed E-state index contributed by atoms with van der Waals surface area (Å²) in [4.78, 5) is 12.2. The monoisotopic (exact) mass is 276 g/mol. The van der Waals surface area contributed by atoms with Crippen LogP contribution in [0.2, 0.25) is 0 Å². The lowest BCUT2D eigenvalue weighted by atomic mass is 9.85. The van der Waals surface area contributed by atoms with Crippen molar-refractivity contribution in [1.82, 2.24) is 0 Å². The number of benzene rings is 1. The molecule has 2 nitrogen and oxygen atoms in total. The van der Waals surface area contributed by atoms with Gasteiger partial charge >= 0.3 is 5.97 Å². The molecular weight excluding hydrogens is 248 g/mol. The summed E-state index contributed by atoms with van der Waals surface area (Å²) < 4.78 is 5.43. The van der Waals surface area contributed by atoms with Gasteiger partial charge in [-0.05, 0) is 25.8 Å². The van der Waals surface area contributed by atoms with Crippen molar-refractivity contribution in [1.29, 1.82) is 0 Å². The molecule has 0 radical (unpaired) electrons. The van der Waals surface area contributed by atoms with E-state index in [0.29, 0.717) is 6.61 Å². The summed E-state index contributed by atoms with van der Waals surface area (Å²) in [6, 6.07) is 9.83. The van der Waals surface area contributed by atoms with Crippen LogP contribution in [-0.2, 0) is 14.9 Å². The second-order valence-corrected chi connectivity index (χ2v) is 5.89.